The molecule has 8 aromatic rings. The minimum atomic E-state index is 0.577. The number of aromatic nitrogens is 6. The van der Waals surface area contributed by atoms with Crippen LogP contribution in [-0.2, 0) is 0 Å². The van der Waals surface area contributed by atoms with Gasteiger partial charge in [-0.1, -0.05) is 127 Å². The van der Waals surface area contributed by atoms with Crippen molar-refractivity contribution in [2.24, 2.45) is 0 Å². The third-order valence-electron chi connectivity index (χ3n) is 8.07. The monoisotopic (exact) mass is 616 g/mol. The molecule has 0 aliphatic heterocycles. The number of pyridine rings is 3. The van der Waals surface area contributed by atoms with Crippen molar-refractivity contribution in [1.29, 1.82) is 0 Å². The Kier molecular flexibility index (Phi) is 7.79. The second-order valence-electron chi connectivity index (χ2n) is 11.2. The van der Waals surface area contributed by atoms with Gasteiger partial charge in [0.05, 0.1) is 22.8 Å². The largest absolute Gasteiger partial charge is 0.255 e. The van der Waals surface area contributed by atoms with Gasteiger partial charge >= 0.3 is 0 Å². The minimum absolute atomic E-state index is 0.577. The third-order valence-corrected chi connectivity index (χ3v) is 8.07. The van der Waals surface area contributed by atoms with Crippen LogP contribution in [0.1, 0.15) is 0 Å². The Morgan fingerprint density at radius 1 is 0.292 bits per heavy atom. The van der Waals surface area contributed by atoms with Crippen molar-refractivity contribution in [3.05, 3.63) is 170 Å². The fourth-order valence-corrected chi connectivity index (χ4v) is 5.76. The van der Waals surface area contributed by atoms with E-state index in [0.717, 1.165) is 61.7 Å². The minimum Gasteiger partial charge on any atom is -0.255 e. The second kappa shape index (κ2) is 13.0. The van der Waals surface area contributed by atoms with Crippen molar-refractivity contribution in [3.63, 3.8) is 0 Å². The quantitative estimate of drug-likeness (QED) is 0.177. The summed E-state index contributed by atoms with van der Waals surface area (Å²) in [7, 11) is 0. The first-order valence-corrected chi connectivity index (χ1v) is 15.7. The van der Waals surface area contributed by atoms with Gasteiger partial charge in [0.1, 0.15) is 0 Å². The first-order chi connectivity index (χ1) is 23.8. The molecule has 226 valence electrons. The van der Waals surface area contributed by atoms with E-state index in [1.807, 2.05) is 121 Å². The summed E-state index contributed by atoms with van der Waals surface area (Å²) in [4.78, 5) is 29.6. The molecule has 0 N–H and O–H groups in total. The van der Waals surface area contributed by atoms with E-state index < -0.39 is 0 Å². The molecule has 0 aliphatic rings. The van der Waals surface area contributed by atoms with Crippen LogP contribution in [0.3, 0.4) is 0 Å². The SMILES string of the molecule is c1ccc(-c2cc(-c3ccccn3)nc(-c3ncccc3-c3ccccc3-c3nc(-c4ccccc4)nc(-c4ccccc4)n3)c2)cc1. The lowest BCUT2D eigenvalue weighted by Gasteiger charge is -2.15. The summed E-state index contributed by atoms with van der Waals surface area (Å²) in [5.41, 5.74) is 9.74. The van der Waals surface area contributed by atoms with Gasteiger partial charge in [0.25, 0.3) is 0 Å². The van der Waals surface area contributed by atoms with E-state index >= 15 is 0 Å². The normalized spacial score (nSPS) is 10.9. The van der Waals surface area contributed by atoms with E-state index in [1.54, 1.807) is 6.20 Å². The maximum absolute atomic E-state index is 5.13. The van der Waals surface area contributed by atoms with E-state index in [1.165, 1.54) is 0 Å². The Hall–Kier alpha value is -6.66. The van der Waals surface area contributed by atoms with Crippen molar-refractivity contribution in [2.45, 2.75) is 0 Å². The number of benzene rings is 4. The Labute approximate surface area is 278 Å². The van der Waals surface area contributed by atoms with Crippen LogP contribution in [0, 0.1) is 0 Å². The zero-order chi connectivity index (χ0) is 32.1. The van der Waals surface area contributed by atoms with Crippen molar-refractivity contribution in [1.82, 2.24) is 29.9 Å². The topological polar surface area (TPSA) is 77.3 Å². The standard InChI is InChI=1S/C42H28N6/c1-4-15-29(16-5-1)32-27-37(36-24-12-13-25-43-36)45-38(28-32)39-34(23-14-26-44-39)33-21-10-11-22-35(33)42-47-40(30-17-6-2-7-18-30)46-41(48-42)31-19-8-3-9-20-31/h1-28H. The first kappa shape index (κ1) is 28.8. The molecule has 0 saturated carbocycles. The van der Waals surface area contributed by atoms with Crippen LogP contribution in [0.4, 0.5) is 0 Å². The molecule has 0 saturated heterocycles. The van der Waals surface area contributed by atoms with Crippen molar-refractivity contribution in [2.75, 3.05) is 0 Å². The highest BCUT2D eigenvalue weighted by Gasteiger charge is 2.19. The molecule has 0 aliphatic carbocycles. The molecule has 0 atom stereocenters. The van der Waals surface area contributed by atoms with Crippen molar-refractivity contribution < 1.29 is 0 Å². The van der Waals surface area contributed by atoms with Crippen LogP contribution in [-0.4, -0.2) is 29.9 Å². The van der Waals surface area contributed by atoms with Gasteiger partial charge in [-0.2, -0.15) is 0 Å². The van der Waals surface area contributed by atoms with E-state index in [0.29, 0.717) is 17.5 Å². The molecule has 4 aromatic carbocycles. The molecule has 0 bridgehead atoms. The Bertz CT molecular complexity index is 2040. The van der Waals surface area contributed by atoms with Gasteiger partial charge in [-0.05, 0) is 47.0 Å². The predicted octanol–water partition coefficient (Wildman–Crippen LogP) is 9.73. The summed E-state index contributed by atoms with van der Waals surface area (Å²) in [5.74, 6) is 1.80. The lowest BCUT2D eigenvalue weighted by Crippen LogP contribution is -2.01. The third kappa shape index (κ3) is 5.86. The molecule has 0 fully saturated rings. The van der Waals surface area contributed by atoms with Crippen molar-refractivity contribution in [3.8, 4) is 79.2 Å². The summed E-state index contributed by atoms with van der Waals surface area (Å²) in [6.07, 6.45) is 3.60. The highest BCUT2D eigenvalue weighted by Crippen LogP contribution is 2.38. The first-order valence-electron chi connectivity index (χ1n) is 15.7. The van der Waals surface area contributed by atoms with E-state index in [9.17, 15) is 0 Å². The molecule has 0 unspecified atom stereocenters. The Morgan fingerprint density at radius 2 is 0.812 bits per heavy atom. The second-order valence-corrected chi connectivity index (χ2v) is 11.2. The zero-order valence-corrected chi connectivity index (χ0v) is 25.8. The molecule has 48 heavy (non-hydrogen) atoms. The average Bonchev–Trinajstić information content (AvgIpc) is 3.19. The van der Waals surface area contributed by atoms with E-state index in [2.05, 4.69) is 47.4 Å². The fraction of sp³-hybridized carbons (Fsp3) is 0. The van der Waals surface area contributed by atoms with Gasteiger partial charge in [0, 0.05) is 34.6 Å². The highest BCUT2D eigenvalue weighted by molar-refractivity contribution is 5.89. The van der Waals surface area contributed by atoms with Gasteiger partial charge in [-0.3, -0.25) is 9.97 Å². The van der Waals surface area contributed by atoms with Gasteiger partial charge < -0.3 is 0 Å². The maximum Gasteiger partial charge on any atom is 0.164 e. The lowest BCUT2D eigenvalue weighted by atomic mass is 9.95. The zero-order valence-electron chi connectivity index (χ0n) is 25.8. The molecule has 0 spiro atoms. The summed E-state index contributed by atoms with van der Waals surface area (Å²) in [6.45, 7) is 0. The lowest BCUT2D eigenvalue weighted by molar-refractivity contribution is 1.07. The molecule has 6 nitrogen and oxygen atoms in total. The number of nitrogens with zero attached hydrogens (tertiary/aromatic N) is 6. The van der Waals surface area contributed by atoms with Crippen LogP contribution in [0.2, 0.25) is 0 Å². The number of rotatable bonds is 7. The number of hydrogen-bond donors (Lipinski definition) is 0. The smallest absolute Gasteiger partial charge is 0.164 e. The average molecular weight is 617 g/mol. The number of hydrogen-bond acceptors (Lipinski definition) is 6. The highest BCUT2D eigenvalue weighted by atomic mass is 15.0. The van der Waals surface area contributed by atoms with Crippen LogP contribution in [0.5, 0.6) is 0 Å². The van der Waals surface area contributed by atoms with E-state index in [4.69, 9.17) is 24.9 Å². The van der Waals surface area contributed by atoms with Gasteiger partial charge in [0.2, 0.25) is 0 Å². The molecule has 8 rings (SSSR count). The maximum atomic E-state index is 5.13. The van der Waals surface area contributed by atoms with Crippen molar-refractivity contribution >= 4 is 0 Å². The molecule has 0 radical (unpaired) electrons. The fourth-order valence-electron chi connectivity index (χ4n) is 5.76. The Balaban J connectivity index is 1.32. The van der Waals surface area contributed by atoms with Gasteiger partial charge in [-0.15, -0.1) is 0 Å². The van der Waals surface area contributed by atoms with Gasteiger partial charge in [0.15, 0.2) is 17.5 Å². The summed E-state index contributed by atoms with van der Waals surface area (Å²) >= 11 is 0. The summed E-state index contributed by atoms with van der Waals surface area (Å²) in [6, 6.07) is 52.6. The van der Waals surface area contributed by atoms with Crippen LogP contribution < -0.4 is 0 Å². The molecule has 0 amide bonds. The van der Waals surface area contributed by atoms with Crippen LogP contribution in [0.15, 0.2) is 170 Å². The van der Waals surface area contributed by atoms with Crippen LogP contribution >= 0.6 is 0 Å². The molecule has 6 heteroatoms. The predicted molar refractivity (Wildman–Crippen MR) is 191 cm³/mol. The molecule has 4 aromatic heterocycles. The van der Waals surface area contributed by atoms with E-state index in [-0.39, 0.29) is 0 Å². The van der Waals surface area contributed by atoms with Gasteiger partial charge in [-0.25, -0.2) is 19.9 Å². The summed E-state index contributed by atoms with van der Waals surface area (Å²) < 4.78 is 0. The van der Waals surface area contributed by atoms with Crippen LogP contribution in [0.25, 0.3) is 79.2 Å². The molecular weight excluding hydrogens is 589 g/mol. The Morgan fingerprint density at radius 3 is 1.46 bits per heavy atom. The molecule has 4 heterocycles. The summed E-state index contributed by atoms with van der Waals surface area (Å²) in [5, 5.41) is 0. The molecular formula is C42H28N6.